The molecule has 1 amide bonds. The van der Waals surface area contributed by atoms with Crippen LogP contribution in [0.15, 0.2) is 77.7 Å². The van der Waals surface area contributed by atoms with Crippen molar-refractivity contribution in [2.24, 2.45) is 0 Å². The number of halogens is 2. The van der Waals surface area contributed by atoms with Gasteiger partial charge in [0.05, 0.1) is 16.5 Å². The summed E-state index contributed by atoms with van der Waals surface area (Å²) in [7, 11) is -4.05. The fourth-order valence-electron chi connectivity index (χ4n) is 3.16. The molecule has 0 unspecified atom stereocenters. The van der Waals surface area contributed by atoms with Gasteiger partial charge >= 0.3 is 0 Å². The van der Waals surface area contributed by atoms with Crippen LogP contribution in [0.25, 0.3) is 0 Å². The van der Waals surface area contributed by atoms with E-state index in [2.05, 4.69) is 10.0 Å². The first-order valence-corrected chi connectivity index (χ1v) is 12.5. The molecule has 9 heteroatoms. The lowest BCUT2D eigenvalue weighted by molar-refractivity contribution is -0.122. The molecule has 174 valence electrons. The van der Waals surface area contributed by atoms with E-state index < -0.39 is 22.0 Å². The molecule has 0 bridgehead atoms. The minimum absolute atomic E-state index is 0.0621. The Kier molecular flexibility index (Phi) is 8.74. The minimum atomic E-state index is -4.05. The molecule has 2 N–H and O–H groups in total. The fourth-order valence-corrected chi connectivity index (χ4v) is 4.89. The minimum Gasteiger partial charge on any atom is -0.492 e. The van der Waals surface area contributed by atoms with E-state index in [-0.39, 0.29) is 22.9 Å². The summed E-state index contributed by atoms with van der Waals surface area (Å²) in [5.74, 6) is -0.0872. The molecule has 0 aliphatic rings. The molecule has 0 aromatic heterocycles. The first-order valence-electron chi connectivity index (χ1n) is 10.3. The predicted molar refractivity (Wildman–Crippen MR) is 130 cm³/mol. The van der Waals surface area contributed by atoms with Gasteiger partial charge in [0.15, 0.2) is 0 Å². The van der Waals surface area contributed by atoms with Crippen molar-refractivity contribution in [2.75, 3.05) is 6.61 Å². The van der Waals surface area contributed by atoms with Crippen LogP contribution in [0.4, 0.5) is 0 Å². The molecule has 6 nitrogen and oxygen atoms in total. The van der Waals surface area contributed by atoms with Gasteiger partial charge < -0.3 is 10.1 Å². The molecule has 0 radical (unpaired) electrons. The summed E-state index contributed by atoms with van der Waals surface area (Å²) in [4.78, 5) is 13.0. The van der Waals surface area contributed by atoms with Gasteiger partial charge in [0.1, 0.15) is 11.8 Å². The van der Waals surface area contributed by atoms with Gasteiger partial charge in [-0.1, -0.05) is 71.7 Å². The van der Waals surface area contributed by atoms with E-state index in [0.717, 1.165) is 11.1 Å². The summed E-state index contributed by atoms with van der Waals surface area (Å²) in [6.07, 6.45) is 0.166. The molecule has 0 spiro atoms. The fraction of sp³-hybridized carbons (Fsp3) is 0.208. The maximum atomic E-state index is 13.1. The second-order valence-electron chi connectivity index (χ2n) is 7.20. The summed E-state index contributed by atoms with van der Waals surface area (Å²) in [5.41, 5.74) is 1.54. The predicted octanol–water partition coefficient (Wildman–Crippen LogP) is 4.60. The van der Waals surface area contributed by atoms with Crippen molar-refractivity contribution in [3.05, 3.63) is 94.0 Å². The number of benzene rings is 3. The molecule has 0 fully saturated rings. The van der Waals surface area contributed by atoms with E-state index in [9.17, 15) is 13.2 Å². The summed E-state index contributed by atoms with van der Waals surface area (Å²) in [6.45, 7) is 2.37. The molecule has 3 rings (SSSR count). The molecule has 1 atom stereocenters. The highest BCUT2D eigenvalue weighted by Crippen LogP contribution is 2.27. The Balaban J connectivity index is 1.82. The Morgan fingerprint density at radius 3 is 2.33 bits per heavy atom. The smallest absolute Gasteiger partial charge is 0.241 e. The zero-order valence-electron chi connectivity index (χ0n) is 17.9. The molecule has 0 heterocycles. The Hall–Kier alpha value is -2.58. The maximum absolute atomic E-state index is 13.1. The third-order valence-electron chi connectivity index (χ3n) is 4.82. The summed E-state index contributed by atoms with van der Waals surface area (Å²) < 4.78 is 34.0. The van der Waals surface area contributed by atoms with E-state index in [1.165, 1.54) is 18.2 Å². The van der Waals surface area contributed by atoms with Gasteiger partial charge in [0, 0.05) is 11.6 Å². The maximum Gasteiger partial charge on any atom is 0.241 e. The lowest BCUT2D eigenvalue weighted by atomic mass is 10.1. The Morgan fingerprint density at radius 1 is 0.970 bits per heavy atom. The Labute approximate surface area is 203 Å². The van der Waals surface area contributed by atoms with Crippen LogP contribution >= 0.6 is 23.2 Å². The highest BCUT2D eigenvalue weighted by Gasteiger charge is 2.26. The van der Waals surface area contributed by atoms with Gasteiger partial charge in [-0.05, 0) is 48.7 Å². The number of carbonyl (C=O) groups excluding carboxylic acids is 1. The summed E-state index contributed by atoms with van der Waals surface area (Å²) in [5, 5.41) is 3.46. The number of sulfonamides is 1. The molecule has 3 aromatic carbocycles. The molecule has 0 saturated heterocycles. The number of amides is 1. The van der Waals surface area contributed by atoms with Gasteiger partial charge in [-0.15, -0.1) is 0 Å². The quantitative estimate of drug-likeness (QED) is 0.420. The molecule has 3 aromatic rings. The average molecular weight is 507 g/mol. The summed E-state index contributed by atoms with van der Waals surface area (Å²) in [6, 6.07) is 19.4. The van der Waals surface area contributed by atoms with Crippen molar-refractivity contribution in [3.8, 4) is 5.75 Å². The molecular formula is C24H24Cl2N2O4S. The third kappa shape index (κ3) is 6.95. The molecule has 0 saturated carbocycles. The van der Waals surface area contributed by atoms with Crippen molar-refractivity contribution in [1.82, 2.24) is 10.0 Å². The van der Waals surface area contributed by atoms with Gasteiger partial charge in [-0.3, -0.25) is 4.79 Å². The zero-order chi connectivity index (χ0) is 23.8. The van der Waals surface area contributed by atoms with Gasteiger partial charge in [0.25, 0.3) is 0 Å². The summed E-state index contributed by atoms with van der Waals surface area (Å²) >= 11 is 12.3. The van der Waals surface area contributed by atoms with E-state index in [0.29, 0.717) is 17.4 Å². The first-order chi connectivity index (χ1) is 15.8. The standard InChI is InChI=1S/C24H24Cl2N2O4S/c1-2-32-23-13-12-19(15-21(23)26)33(30,31)28-22(14-17-8-4-3-5-9-17)24(29)27-16-18-10-6-7-11-20(18)25/h3-13,15,22,28H,2,14,16H2,1H3,(H,27,29)/t22-/m0/s1. The highest BCUT2D eigenvalue weighted by atomic mass is 35.5. The van der Waals surface area contributed by atoms with E-state index in [1.807, 2.05) is 36.4 Å². The van der Waals surface area contributed by atoms with Crippen molar-refractivity contribution in [2.45, 2.75) is 30.8 Å². The molecule has 33 heavy (non-hydrogen) atoms. The average Bonchev–Trinajstić information content (AvgIpc) is 2.80. The lowest BCUT2D eigenvalue weighted by Crippen LogP contribution is -2.47. The molecular weight excluding hydrogens is 483 g/mol. The number of hydrogen-bond donors (Lipinski definition) is 2. The lowest BCUT2D eigenvalue weighted by Gasteiger charge is -2.19. The van der Waals surface area contributed by atoms with Crippen LogP contribution in [0.5, 0.6) is 5.75 Å². The van der Waals surface area contributed by atoms with Crippen LogP contribution < -0.4 is 14.8 Å². The van der Waals surface area contributed by atoms with Gasteiger partial charge in [0.2, 0.25) is 15.9 Å². The second-order valence-corrected chi connectivity index (χ2v) is 9.73. The van der Waals surface area contributed by atoms with Gasteiger partial charge in [-0.25, -0.2) is 8.42 Å². The topological polar surface area (TPSA) is 84.5 Å². The number of carbonyl (C=O) groups is 1. The number of hydrogen-bond acceptors (Lipinski definition) is 4. The van der Waals surface area contributed by atoms with Gasteiger partial charge in [-0.2, -0.15) is 4.72 Å². The Morgan fingerprint density at radius 2 is 1.67 bits per heavy atom. The highest BCUT2D eigenvalue weighted by molar-refractivity contribution is 7.89. The third-order valence-corrected chi connectivity index (χ3v) is 6.95. The normalized spacial score (nSPS) is 12.2. The second kappa shape index (κ2) is 11.5. The molecule has 0 aliphatic carbocycles. The number of ether oxygens (including phenoxy) is 1. The van der Waals surface area contributed by atoms with Crippen molar-refractivity contribution < 1.29 is 17.9 Å². The van der Waals surface area contributed by atoms with E-state index in [4.69, 9.17) is 27.9 Å². The van der Waals surface area contributed by atoms with Crippen molar-refractivity contribution in [1.29, 1.82) is 0 Å². The largest absolute Gasteiger partial charge is 0.492 e. The van der Waals surface area contributed by atoms with Crippen LogP contribution in [0.3, 0.4) is 0 Å². The van der Waals surface area contributed by atoms with Crippen LogP contribution in [0.2, 0.25) is 10.0 Å². The SMILES string of the molecule is CCOc1ccc(S(=O)(=O)N[C@@H](Cc2ccccc2)C(=O)NCc2ccccc2Cl)cc1Cl. The monoisotopic (exact) mass is 506 g/mol. The zero-order valence-corrected chi connectivity index (χ0v) is 20.3. The first kappa shape index (κ1) is 25.1. The van der Waals surface area contributed by atoms with Crippen LogP contribution in [-0.2, 0) is 27.8 Å². The van der Waals surface area contributed by atoms with Crippen LogP contribution in [0.1, 0.15) is 18.1 Å². The van der Waals surface area contributed by atoms with E-state index >= 15 is 0 Å². The number of nitrogens with one attached hydrogen (secondary N) is 2. The Bertz CT molecular complexity index is 1200. The van der Waals surface area contributed by atoms with E-state index in [1.54, 1.807) is 25.1 Å². The molecule has 0 aliphatic heterocycles. The van der Waals surface area contributed by atoms with Crippen molar-refractivity contribution in [3.63, 3.8) is 0 Å². The van der Waals surface area contributed by atoms with Crippen LogP contribution in [0, 0.1) is 0 Å². The van der Waals surface area contributed by atoms with Crippen molar-refractivity contribution >= 4 is 39.1 Å². The van der Waals surface area contributed by atoms with Crippen LogP contribution in [-0.4, -0.2) is 27.0 Å². The number of rotatable bonds is 10.